The fraction of sp³-hybridized carbons (Fsp3) is 0.625. The number of methoxy groups -OCH3 is 1. The molecule has 0 saturated carbocycles. The molecular weight excluding hydrogens is 238 g/mol. The molecule has 0 aliphatic rings. The Kier molecular flexibility index (Phi) is 7.34. The number of rotatable bonds is 9. The van der Waals surface area contributed by atoms with Crippen LogP contribution in [0.15, 0.2) is 18.2 Å². The molecule has 0 saturated heterocycles. The summed E-state index contributed by atoms with van der Waals surface area (Å²) >= 11 is 0. The summed E-state index contributed by atoms with van der Waals surface area (Å²) in [6.07, 6.45) is 3.42. The molecule has 0 aliphatic heterocycles. The van der Waals surface area contributed by atoms with Crippen LogP contribution < -0.4 is 14.8 Å². The Labute approximate surface area is 117 Å². The first-order chi connectivity index (χ1) is 9.21. The van der Waals surface area contributed by atoms with Gasteiger partial charge in [-0.15, -0.1) is 0 Å². The van der Waals surface area contributed by atoms with Crippen molar-refractivity contribution in [2.24, 2.45) is 0 Å². The van der Waals surface area contributed by atoms with Crippen LogP contribution >= 0.6 is 0 Å². The number of ether oxygens (including phenoxy) is 2. The van der Waals surface area contributed by atoms with Crippen molar-refractivity contribution >= 4 is 0 Å². The Morgan fingerprint density at radius 3 is 2.63 bits per heavy atom. The molecule has 0 heterocycles. The van der Waals surface area contributed by atoms with Crippen molar-refractivity contribution < 1.29 is 9.47 Å². The summed E-state index contributed by atoms with van der Waals surface area (Å²) in [7, 11) is 1.68. The van der Waals surface area contributed by atoms with E-state index in [1.54, 1.807) is 7.11 Å². The zero-order valence-electron chi connectivity index (χ0n) is 12.7. The standard InChI is InChI=1S/C16H27NO2/c1-5-7-13(3)17-10-11-19-15-9-8-14(6-2)12-16(15)18-4/h8-9,12-13,17H,5-7,10-11H2,1-4H3. The summed E-state index contributed by atoms with van der Waals surface area (Å²) in [6, 6.07) is 6.68. The Bertz CT molecular complexity index is 366. The highest BCUT2D eigenvalue weighted by atomic mass is 16.5. The zero-order chi connectivity index (χ0) is 14.1. The van der Waals surface area contributed by atoms with Crippen molar-refractivity contribution in [3.05, 3.63) is 23.8 Å². The van der Waals surface area contributed by atoms with Crippen LogP contribution in [-0.2, 0) is 6.42 Å². The number of benzene rings is 1. The Hall–Kier alpha value is -1.22. The average Bonchev–Trinajstić information content (AvgIpc) is 2.44. The monoisotopic (exact) mass is 265 g/mol. The Balaban J connectivity index is 2.40. The van der Waals surface area contributed by atoms with Gasteiger partial charge in [-0.1, -0.05) is 26.3 Å². The van der Waals surface area contributed by atoms with Crippen LogP contribution in [0.2, 0.25) is 0 Å². The van der Waals surface area contributed by atoms with Crippen LogP contribution in [-0.4, -0.2) is 26.3 Å². The first-order valence-electron chi connectivity index (χ1n) is 7.24. The van der Waals surface area contributed by atoms with E-state index in [-0.39, 0.29) is 0 Å². The van der Waals surface area contributed by atoms with Crippen molar-refractivity contribution in [3.63, 3.8) is 0 Å². The van der Waals surface area contributed by atoms with Crippen molar-refractivity contribution in [2.45, 2.75) is 46.1 Å². The molecule has 19 heavy (non-hydrogen) atoms. The molecular formula is C16H27NO2. The molecule has 0 spiro atoms. The normalized spacial score (nSPS) is 12.2. The third kappa shape index (κ3) is 5.52. The lowest BCUT2D eigenvalue weighted by Crippen LogP contribution is -2.30. The van der Waals surface area contributed by atoms with Crippen LogP contribution in [0.4, 0.5) is 0 Å². The predicted octanol–water partition coefficient (Wildman–Crippen LogP) is 3.41. The number of hydrogen-bond acceptors (Lipinski definition) is 3. The molecule has 1 aromatic rings. The first kappa shape index (κ1) is 15.8. The van der Waals surface area contributed by atoms with Crippen LogP contribution in [0.25, 0.3) is 0 Å². The van der Waals surface area contributed by atoms with Gasteiger partial charge < -0.3 is 14.8 Å². The summed E-state index contributed by atoms with van der Waals surface area (Å²) < 4.78 is 11.1. The van der Waals surface area contributed by atoms with E-state index in [1.165, 1.54) is 18.4 Å². The minimum absolute atomic E-state index is 0.554. The SMILES string of the molecule is CCCC(C)NCCOc1ccc(CC)cc1OC. The molecule has 1 aromatic carbocycles. The Morgan fingerprint density at radius 1 is 1.21 bits per heavy atom. The van der Waals surface area contributed by atoms with E-state index in [9.17, 15) is 0 Å². The third-order valence-corrected chi connectivity index (χ3v) is 3.21. The Morgan fingerprint density at radius 2 is 2.00 bits per heavy atom. The average molecular weight is 265 g/mol. The van der Waals surface area contributed by atoms with E-state index in [1.807, 2.05) is 12.1 Å². The lowest BCUT2D eigenvalue weighted by atomic mass is 10.1. The van der Waals surface area contributed by atoms with E-state index in [0.29, 0.717) is 12.6 Å². The summed E-state index contributed by atoms with van der Waals surface area (Å²) in [5.74, 6) is 1.64. The quantitative estimate of drug-likeness (QED) is 0.694. The molecule has 1 unspecified atom stereocenters. The van der Waals surface area contributed by atoms with Gasteiger partial charge in [0.05, 0.1) is 7.11 Å². The molecule has 0 radical (unpaired) electrons. The molecule has 0 aromatic heterocycles. The lowest BCUT2D eigenvalue weighted by molar-refractivity contribution is 0.286. The fourth-order valence-electron chi connectivity index (χ4n) is 2.05. The molecule has 0 bridgehead atoms. The zero-order valence-corrected chi connectivity index (χ0v) is 12.7. The van der Waals surface area contributed by atoms with Crippen LogP contribution in [0.1, 0.15) is 39.2 Å². The summed E-state index contributed by atoms with van der Waals surface area (Å²) in [5, 5.41) is 3.45. The third-order valence-electron chi connectivity index (χ3n) is 3.21. The van der Waals surface area contributed by atoms with Gasteiger partial charge >= 0.3 is 0 Å². The van der Waals surface area contributed by atoms with Crippen LogP contribution in [0.5, 0.6) is 11.5 Å². The highest BCUT2D eigenvalue weighted by Crippen LogP contribution is 2.28. The van der Waals surface area contributed by atoms with Gasteiger partial charge in [0.1, 0.15) is 6.61 Å². The molecule has 0 aliphatic carbocycles. The van der Waals surface area contributed by atoms with Crippen LogP contribution in [0, 0.1) is 0 Å². The molecule has 0 fully saturated rings. The molecule has 1 N–H and O–H groups in total. The minimum Gasteiger partial charge on any atom is -0.493 e. The maximum absolute atomic E-state index is 5.77. The smallest absolute Gasteiger partial charge is 0.161 e. The van der Waals surface area contributed by atoms with Gasteiger partial charge in [0.2, 0.25) is 0 Å². The molecule has 3 heteroatoms. The number of aryl methyl sites for hydroxylation is 1. The minimum atomic E-state index is 0.554. The van der Waals surface area contributed by atoms with Crippen molar-refractivity contribution in [1.82, 2.24) is 5.32 Å². The van der Waals surface area contributed by atoms with Gasteiger partial charge in [0.25, 0.3) is 0 Å². The van der Waals surface area contributed by atoms with E-state index in [0.717, 1.165) is 24.5 Å². The van der Waals surface area contributed by atoms with Crippen molar-refractivity contribution in [2.75, 3.05) is 20.3 Å². The maximum atomic E-state index is 5.77. The molecule has 108 valence electrons. The van der Waals surface area contributed by atoms with Gasteiger partial charge in [0.15, 0.2) is 11.5 Å². The van der Waals surface area contributed by atoms with Gasteiger partial charge in [-0.2, -0.15) is 0 Å². The topological polar surface area (TPSA) is 30.5 Å². The van der Waals surface area contributed by atoms with Crippen molar-refractivity contribution in [1.29, 1.82) is 0 Å². The predicted molar refractivity (Wildman–Crippen MR) is 80.2 cm³/mol. The fourth-order valence-corrected chi connectivity index (χ4v) is 2.05. The summed E-state index contributed by atoms with van der Waals surface area (Å²) in [4.78, 5) is 0. The van der Waals surface area contributed by atoms with E-state index >= 15 is 0 Å². The summed E-state index contributed by atoms with van der Waals surface area (Å²) in [6.45, 7) is 8.07. The van der Waals surface area contributed by atoms with E-state index in [4.69, 9.17) is 9.47 Å². The molecule has 1 rings (SSSR count). The highest BCUT2D eigenvalue weighted by Gasteiger charge is 2.05. The highest BCUT2D eigenvalue weighted by molar-refractivity contribution is 5.42. The first-order valence-corrected chi connectivity index (χ1v) is 7.24. The van der Waals surface area contributed by atoms with E-state index in [2.05, 4.69) is 32.2 Å². The molecule has 3 nitrogen and oxygen atoms in total. The van der Waals surface area contributed by atoms with E-state index < -0.39 is 0 Å². The lowest BCUT2D eigenvalue weighted by Gasteiger charge is -2.15. The molecule has 1 atom stereocenters. The van der Waals surface area contributed by atoms with Gasteiger partial charge in [-0.05, 0) is 37.5 Å². The second-order valence-electron chi connectivity index (χ2n) is 4.83. The summed E-state index contributed by atoms with van der Waals surface area (Å²) in [5.41, 5.74) is 1.26. The second kappa shape index (κ2) is 8.81. The van der Waals surface area contributed by atoms with Gasteiger partial charge in [-0.25, -0.2) is 0 Å². The second-order valence-corrected chi connectivity index (χ2v) is 4.83. The number of hydrogen-bond donors (Lipinski definition) is 1. The van der Waals surface area contributed by atoms with Gasteiger partial charge in [0, 0.05) is 12.6 Å². The van der Waals surface area contributed by atoms with Crippen LogP contribution in [0.3, 0.4) is 0 Å². The maximum Gasteiger partial charge on any atom is 0.161 e. The molecule has 0 amide bonds. The van der Waals surface area contributed by atoms with Gasteiger partial charge in [-0.3, -0.25) is 0 Å². The van der Waals surface area contributed by atoms with Crippen molar-refractivity contribution in [3.8, 4) is 11.5 Å². The largest absolute Gasteiger partial charge is 0.493 e. The number of nitrogens with one attached hydrogen (secondary N) is 1.